The van der Waals surface area contributed by atoms with Gasteiger partial charge in [-0.15, -0.1) is 0 Å². The molecule has 1 N–H and O–H groups in total. The Bertz CT molecular complexity index is 909. The summed E-state index contributed by atoms with van der Waals surface area (Å²) in [5, 5.41) is 3.23. The van der Waals surface area contributed by atoms with Gasteiger partial charge in [-0.3, -0.25) is 19.8 Å². The molecule has 1 saturated heterocycles. The van der Waals surface area contributed by atoms with Gasteiger partial charge in [0.1, 0.15) is 17.9 Å². The number of hydrogen-bond acceptors (Lipinski definition) is 4. The van der Waals surface area contributed by atoms with Gasteiger partial charge >= 0.3 is 0 Å². The minimum atomic E-state index is -0.523. The number of ether oxygens (including phenoxy) is 1. The number of nitrogens with zero attached hydrogens (tertiary/aromatic N) is 1. The minimum absolute atomic E-state index is 0.00337. The normalized spacial score (nSPS) is 16.0. The van der Waals surface area contributed by atoms with Crippen LogP contribution in [0.1, 0.15) is 11.1 Å². The molecule has 1 heterocycles. The first kappa shape index (κ1) is 18.1. The zero-order valence-corrected chi connectivity index (χ0v) is 15.4. The average molecular weight is 387 g/mol. The van der Waals surface area contributed by atoms with Crippen molar-refractivity contribution >= 4 is 46.8 Å². The van der Waals surface area contributed by atoms with E-state index in [1.54, 1.807) is 30.3 Å². The molecule has 0 saturated carbocycles. The molecule has 0 bridgehead atoms. The SMILES string of the molecule is CN1C(=O)/C(=C/c2ccccc2OCc2ccc(Cl)cc2)C(=O)NC1=S. The Morgan fingerprint density at radius 2 is 1.85 bits per heavy atom. The summed E-state index contributed by atoms with van der Waals surface area (Å²) in [5.74, 6) is -0.414. The van der Waals surface area contributed by atoms with E-state index in [0.717, 1.165) is 5.56 Å². The molecule has 1 fully saturated rings. The van der Waals surface area contributed by atoms with Gasteiger partial charge in [-0.2, -0.15) is 0 Å². The van der Waals surface area contributed by atoms with E-state index in [9.17, 15) is 9.59 Å². The predicted molar refractivity (Wildman–Crippen MR) is 104 cm³/mol. The number of thiocarbonyl (C=S) groups is 1. The Morgan fingerprint density at radius 1 is 1.15 bits per heavy atom. The number of carbonyl (C=O) groups excluding carboxylic acids is 2. The van der Waals surface area contributed by atoms with Gasteiger partial charge in [0.2, 0.25) is 0 Å². The van der Waals surface area contributed by atoms with Crippen molar-refractivity contribution < 1.29 is 14.3 Å². The molecule has 0 atom stereocenters. The Hall–Kier alpha value is -2.70. The van der Waals surface area contributed by atoms with E-state index >= 15 is 0 Å². The number of likely N-dealkylation sites (N-methyl/N-ethyl adjacent to an activating group) is 1. The molecule has 0 aromatic heterocycles. The van der Waals surface area contributed by atoms with Crippen molar-refractivity contribution in [2.24, 2.45) is 0 Å². The van der Waals surface area contributed by atoms with E-state index in [0.29, 0.717) is 22.9 Å². The number of rotatable bonds is 4. The van der Waals surface area contributed by atoms with E-state index in [1.165, 1.54) is 18.0 Å². The topological polar surface area (TPSA) is 58.6 Å². The summed E-state index contributed by atoms with van der Waals surface area (Å²) < 4.78 is 5.85. The fourth-order valence-corrected chi connectivity index (χ4v) is 2.68. The van der Waals surface area contributed by atoms with Crippen LogP contribution in [-0.4, -0.2) is 28.9 Å². The maximum Gasteiger partial charge on any atom is 0.265 e. The van der Waals surface area contributed by atoms with E-state index in [4.69, 9.17) is 28.6 Å². The molecule has 26 heavy (non-hydrogen) atoms. The van der Waals surface area contributed by atoms with Gasteiger partial charge in [0.25, 0.3) is 11.8 Å². The van der Waals surface area contributed by atoms with Crippen LogP contribution in [0.15, 0.2) is 54.1 Å². The summed E-state index contributed by atoms with van der Waals surface area (Å²) in [6.45, 7) is 0.335. The molecule has 1 aliphatic heterocycles. The van der Waals surface area contributed by atoms with Gasteiger partial charge in [0.15, 0.2) is 5.11 Å². The first-order valence-corrected chi connectivity index (χ1v) is 8.55. The number of para-hydroxylation sites is 1. The van der Waals surface area contributed by atoms with Crippen LogP contribution in [0.25, 0.3) is 6.08 Å². The van der Waals surface area contributed by atoms with Crippen molar-refractivity contribution in [3.8, 4) is 5.75 Å². The van der Waals surface area contributed by atoms with Gasteiger partial charge in [-0.05, 0) is 42.1 Å². The standard InChI is InChI=1S/C19H15ClN2O3S/c1-22-18(24)15(17(23)21-19(22)26)10-13-4-2-3-5-16(13)25-11-12-6-8-14(20)9-7-12/h2-10H,11H2,1H3,(H,21,23,26)/b15-10+. The number of carbonyl (C=O) groups is 2. The summed E-state index contributed by atoms with van der Waals surface area (Å²) >= 11 is 10.8. The molecule has 0 radical (unpaired) electrons. The van der Waals surface area contributed by atoms with Crippen LogP contribution in [0, 0.1) is 0 Å². The second-order valence-corrected chi connectivity index (χ2v) is 6.46. The molecule has 0 aliphatic carbocycles. The highest BCUT2D eigenvalue weighted by Gasteiger charge is 2.30. The monoisotopic (exact) mass is 386 g/mol. The summed E-state index contributed by atoms with van der Waals surface area (Å²) in [6, 6.07) is 14.5. The van der Waals surface area contributed by atoms with Crippen LogP contribution in [0.5, 0.6) is 5.75 Å². The first-order chi connectivity index (χ1) is 12.5. The highest BCUT2D eigenvalue weighted by atomic mass is 35.5. The van der Waals surface area contributed by atoms with Crippen molar-refractivity contribution in [3.63, 3.8) is 0 Å². The number of nitrogens with one attached hydrogen (secondary N) is 1. The fourth-order valence-electron chi connectivity index (χ4n) is 2.37. The van der Waals surface area contributed by atoms with Gasteiger partial charge in [-0.1, -0.05) is 41.9 Å². The number of halogens is 1. The number of hydrogen-bond donors (Lipinski definition) is 1. The Labute approximate surface area is 161 Å². The second-order valence-electron chi connectivity index (χ2n) is 5.63. The molecular formula is C19H15ClN2O3S. The first-order valence-electron chi connectivity index (χ1n) is 7.77. The third-order valence-electron chi connectivity index (χ3n) is 3.83. The molecule has 2 aromatic carbocycles. The van der Waals surface area contributed by atoms with Crippen LogP contribution in [0.2, 0.25) is 5.02 Å². The number of benzene rings is 2. The van der Waals surface area contributed by atoms with E-state index in [2.05, 4.69) is 5.32 Å². The Kier molecular flexibility index (Phi) is 5.35. The molecule has 2 amide bonds. The van der Waals surface area contributed by atoms with Gasteiger partial charge in [0.05, 0.1) is 0 Å². The summed E-state index contributed by atoms with van der Waals surface area (Å²) in [4.78, 5) is 25.7. The van der Waals surface area contributed by atoms with Crippen LogP contribution >= 0.6 is 23.8 Å². The summed E-state index contributed by atoms with van der Waals surface area (Å²) in [5.41, 5.74) is 1.58. The largest absolute Gasteiger partial charge is 0.488 e. The van der Waals surface area contributed by atoms with Crippen LogP contribution in [0.4, 0.5) is 0 Å². The van der Waals surface area contributed by atoms with Gasteiger partial charge < -0.3 is 4.74 Å². The Morgan fingerprint density at radius 3 is 2.58 bits per heavy atom. The van der Waals surface area contributed by atoms with Crippen molar-refractivity contribution in [2.75, 3.05) is 7.05 Å². The minimum Gasteiger partial charge on any atom is -0.488 e. The maximum absolute atomic E-state index is 12.3. The van der Waals surface area contributed by atoms with E-state index in [-0.39, 0.29) is 10.7 Å². The lowest BCUT2D eigenvalue weighted by atomic mass is 10.1. The summed E-state index contributed by atoms with van der Waals surface area (Å²) in [7, 11) is 1.51. The fraction of sp³-hybridized carbons (Fsp3) is 0.105. The molecule has 0 unspecified atom stereocenters. The average Bonchev–Trinajstić information content (AvgIpc) is 2.64. The lowest BCUT2D eigenvalue weighted by Gasteiger charge is -2.25. The smallest absolute Gasteiger partial charge is 0.265 e. The van der Waals surface area contributed by atoms with Crippen LogP contribution in [-0.2, 0) is 16.2 Å². The van der Waals surface area contributed by atoms with Crippen molar-refractivity contribution in [2.45, 2.75) is 6.61 Å². The van der Waals surface area contributed by atoms with Gasteiger partial charge in [-0.25, -0.2) is 0 Å². The van der Waals surface area contributed by atoms with Crippen molar-refractivity contribution in [1.82, 2.24) is 10.2 Å². The molecule has 0 spiro atoms. The molecule has 2 aromatic rings. The number of amides is 2. The summed E-state index contributed by atoms with van der Waals surface area (Å²) in [6.07, 6.45) is 1.51. The molecule has 3 rings (SSSR count). The van der Waals surface area contributed by atoms with Crippen LogP contribution < -0.4 is 10.1 Å². The highest BCUT2D eigenvalue weighted by Crippen LogP contribution is 2.24. The van der Waals surface area contributed by atoms with E-state index < -0.39 is 11.8 Å². The molecular weight excluding hydrogens is 372 g/mol. The molecule has 5 nitrogen and oxygen atoms in total. The maximum atomic E-state index is 12.3. The predicted octanol–water partition coefficient (Wildman–Crippen LogP) is 3.18. The van der Waals surface area contributed by atoms with Crippen molar-refractivity contribution in [3.05, 3.63) is 70.3 Å². The van der Waals surface area contributed by atoms with E-state index in [1.807, 2.05) is 18.2 Å². The Balaban J connectivity index is 1.85. The third kappa shape index (κ3) is 3.92. The third-order valence-corrected chi connectivity index (χ3v) is 4.46. The highest BCUT2D eigenvalue weighted by molar-refractivity contribution is 7.80. The lowest BCUT2D eigenvalue weighted by molar-refractivity contribution is -0.128. The zero-order chi connectivity index (χ0) is 18.7. The van der Waals surface area contributed by atoms with Crippen LogP contribution in [0.3, 0.4) is 0 Å². The quantitative estimate of drug-likeness (QED) is 0.498. The lowest BCUT2D eigenvalue weighted by Crippen LogP contribution is -2.52. The molecule has 7 heteroatoms. The second kappa shape index (κ2) is 7.68. The molecule has 1 aliphatic rings. The van der Waals surface area contributed by atoms with Gasteiger partial charge in [0, 0.05) is 17.6 Å². The van der Waals surface area contributed by atoms with Crippen molar-refractivity contribution in [1.29, 1.82) is 0 Å². The molecule has 132 valence electrons. The zero-order valence-electron chi connectivity index (χ0n) is 13.9.